The molecule has 0 rings (SSSR count). The number of hydrogen-bond donors (Lipinski definition) is 0. The van der Waals surface area contributed by atoms with Crippen LogP contribution in [-0.4, -0.2) is 30.7 Å². The smallest absolute Gasteiger partial charge is 0.250 e. The molecule has 0 aromatic carbocycles. The molecule has 1 unspecified atom stereocenters. The minimum absolute atomic E-state index is 0.406. The largest absolute Gasteiger partial charge is 0.347 e. The van der Waals surface area contributed by atoms with Crippen molar-refractivity contribution in [2.45, 2.75) is 27.7 Å². The van der Waals surface area contributed by atoms with Crippen molar-refractivity contribution in [3.05, 3.63) is 0 Å². The summed E-state index contributed by atoms with van der Waals surface area (Å²) in [5.41, 5.74) is -2.30. The van der Waals surface area contributed by atoms with Crippen LogP contribution in [0.5, 0.6) is 0 Å². The molecule has 0 saturated heterocycles. The zero-order valence-electron chi connectivity index (χ0n) is 10.2. The minimum Gasteiger partial charge on any atom is -0.347 e. The van der Waals surface area contributed by atoms with E-state index >= 15 is 0 Å². The highest BCUT2D eigenvalue weighted by molar-refractivity contribution is 6.08. The summed E-state index contributed by atoms with van der Waals surface area (Å²) in [7, 11) is 3.09. The molecule has 1 atom stereocenters. The van der Waals surface area contributed by atoms with E-state index in [-0.39, 0.29) is 0 Å². The van der Waals surface area contributed by atoms with E-state index in [1.54, 1.807) is 34.9 Å². The zero-order valence-corrected chi connectivity index (χ0v) is 10.2. The Morgan fingerprint density at radius 3 is 1.67 bits per heavy atom. The lowest BCUT2D eigenvalue weighted by atomic mass is 9.64. The van der Waals surface area contributed by atoms with Gasteiger partial charge in [-0.1, -0.05) is 20.8 Å². The Bertz CT molecular complexity index is 320. The van der Waals surface area contributed by atoms with Gasteiger partial charge < -0.3 is 4.90 Å². The maximum Gasteiger partial charge on any atom is 0.250 e. The number of nitrogens with zero attached hydrogens (tertiary/aromatic N) is 2. The molecule has 0 heterocycles. The summed E-state index contributed by atoms with van der Waals surface area (Å²) in [4.78, 5) is 24.9. The fraction of sp³-hybridized carbons (Fsp3) is 0.727. The van der Waals surface area contributed by atoms with Crippen LogP contribution < -0.4 is 0 Å². The number of carbonyl (C=O) groups excluding carboxylic acids is 2. The lowest BCUT2D eigenvalue weighted by Crippen LogP contribution is -2.52. The van der Waals surface area contributed by atoms with Gasteiger partial charge in [0.05, 0.1) is 6.07 Å². The second-order valence-corrected chi connectivity index (χ2v) is 4.87. The molecule has 0 aliphatic heterocycles. The molecular formula is C11H18N2O2. The van der Waals surface area contributed by atoms with Crippen molar-refractivity contribution in [3.63, 3.8) is 0 Å². The van der Waals surface area contributed by atoms with Crippen LogP contribution >= 0.6 is 0 Å². The van der Waals surface area contributed by atoms with Crippen molar-refractivity contribution < 1.29 is 9.59 Å². The summed E-state index contributed by atoms with van der Waals surface area (Å²) in [6.45, 7) is 6.45. The van der Waals surface area contributed by atoms with E-state index in [1.807, 2.05) is 6.07 Å². The highest BCUT2D eigenvalue weighted by Gasteiger charge is 2.54. The number of ketones is 1. The molecule has 0 saturated carbocycles. The lowest BCUT2D eigenvalue weighted by Gasteiger charge is -2.37. The molecule has 0 radical (unpaired) electrons. The first-order valence-electron chi connectivity index (χ1n) is 4.75. The Hall–Kier alpha value is -1.37. The van der Waals surface area contributed by atoms with Crippen LogP contribution in [0.2, 0.25) is 0 Å². The first-order valence-corrected chi connectivity index (χ1v) is 4.75. The second-order valence-electron chi connectivity index (χ2n) is 4.87. The number of hydrogen-bond acceptors (Lipinski definition) is 3. The van der Waals surface area contributed by atoms with Gasteiger partial charge in [0.2, 0.25) is 0 Å². The van der Waals surface area contributed by atoms with Gasteiger partial charge >= 0.3 is 0 Å². The summed E-state index contributed by atoms with van der Waals surface area (Å²) >= 11 is 0. The first-order chi connectivity index (χ1) is 6.61. The molecule has 84 valence electrons. The highest BCUT2D eigenvalue weighted by atomic mass is 16.2. The number of amides is 1. The third-order valence-electron chi connectivity index (χ3n) is 2.55. The fourth-order valence-electron chi connectivity index (χ4n) is 1.63. The number of Topliss-reactive ketones (excluding diaryl/α,β-unsaturated/α-hetero) is 1. The van der Waals surface area contributed by atoms with Crippen LogP contribution in [-0.2, 0) is 9.59 Å². The summed E-state index contributed by atoms with van der Waals surface area (Å²) in [6, 6.07) is 1.90. The predicted molar refractivity (Wildman–Crippen MR) is 56.9 cm³/mol. The number of carbonyl (C=O) groups is 2. The van der Waals surface area contributed by atoms with Crippen LogP contribution in [0.1, 0.15) is 27.7 Å². The standard InChI is InChI=1S/C11H18N2O2/c1-8(14)11(7-12,10(2,3)4)9(15)13(5)6/h1-6H3. The van der Waals surface area contributed by atoms with E-state index in [1.165, 1.54) is 11.8 Å². The minimum atomic E-state index is -1.59. The molecule has 0 bridgehead atoms. The van der Waals surface area contributed by atoms with Gasteiger partial charge in [0.25, 0.3) is 5.91 Å². The van der Waals surface area contributed by atoms with E-state index in [0.29, 0.717) is 0 Å². The Morgan fingerprint density at radius 2 is 1.60 bits per heavy atom. The van der Waals surface area contributed by atoms with E-state index in [2.05, 4.69) is 0 Å². The quantitative estimate of drug-likeness (QED) is 0.644. The molecule has 0 aliphatic carbocycles. The van der Waals surface area contributed by atoms with Gasteiger partial charge in [0.15, 0.2) is 11.2 Å². The van der Waals surface area contributed by atoms with Crippen molar-refractivity contribution in [1.82, 2.24) is 4.90 Å². The average Bonchev–Trinajstić information content (AvgIpc) is 2.02. The van der Waals surface area contributed by atoms with Crippen molar-refractivity contribution in [1.29, 1.82) is 5.26 Å². The number of rotatable bonds is 2. The van der Waals surface area contributed by atoms with Crippen molar-refractivity contribution in [2.75, 3.05) is 14.1 Å². The van der Waals surface area contributed by atoms with E-state index < -0.39 is 22.5 Å². The van der Waals surface area contributed by atoms with Crippen molar-refractivity contribution in [2.24, 2.45) is 10.8 Å². The normalized spacial score (nSPS) is 15.0. The van der Waals surface area contributed by atoms with Crippen molar-refractivity contribution in [3.8, 4) is 6.07 Å². The SMILES string of the molecule is CC(=O)C(C#N)(C(=O)N(C)C)C(C)(C)C. The topological polar surface area (TPSA) is 61.2 Å². The van der Waals surface area contributed by atoms with Gasteiger partial charge in [-0.2, -0.15) is 5.26 Å². The van der Waals surface area contributed by atoms with E-state index in [9.17, 15) is 14.9 Å². The third-order valence-corrected chi connectivity index (χ3v) is 2.55. The third kappa shape index (κ3) is 2.01. The maximum atomic E-state index is 12.0. The fourth-order valence-corrected chi connectivity index (χ4v) is 1.63. The molecular weight excluding hydrogens is 192 g/mol. The van der Waals surface area contributed by atoms with Crippen LogP contribution in [0.3, 0.4) is 0 Å². The maximum absolute atomic E-state index is 12.0. The highest BCUT2D eigenvalue weighted by Crippen LogP contribution is 2.40. The van der Waals surface area contributed by atoms with Crippen LogP contribution in [0, 0.1) is 22.2 Å². The molecule has 4 heteroatoms. The molecule has 15 heavy (non-hydrogen) atoms. The van der Waals surface area contributed by atoms with Crippen molar-refractivity contribution >= 4 is 11.7 Å². The molecule has 0 spiro atoms. The van der Waals surface area contributed by atoms with Gasteiger partial charge in [-0.15, -0.1) is 0 Å². The molecule has 4 nitrogen and oxygen atoms in total. The molecule has 1 amide bonds. The molecule has 0 N–H and O–H groups in total. The lowest BCUT2D eigenvalue weighted by molar-refractivity contribution is -0.149. The average molecular weight is 210 g/mol. The van der Waals surface area contributed by atoms with Crippen LogP contribution in [0.25, 0.3) is 0 Å². The molecule has 0 aromatic rings. The zero-order chi connectivity index (χ0) is 12.4. The second kappa shape index (κ2) is 4.01. The van der Waals surface area contributed by atoms with Crippen LogP contribution in [0.4, 0.5) is 0 Å². The summed E-state index contributed by atoms with van der Waals surface area (Å²) < 4.78 is 0. The van der Waals surface area contributed by atoms with Crippen LogP contribution in [0.15, 0.2) is 0 Å². The number of nitriles is 1. The molecule has 0 fully saturated rings. The van der Waals surface area contributed by atoms with Gasteiger partial charge in [0.1, 0.15) is 0 Å². The first kappa shape index (κ1) is 13.6. The van der Waals surface area contributed by atoms with Gasteiger partial charge in [-0.3, -0.25) is 9.59 Å². The predicted octanol–water partition coefficient (Wildman–Crippen LogP) is 1.22. The van der Waals surface area contributed by atoms with Gasteiger partial charge in [-0.25, -0.2) is 0 Å². The van der Waals surface area contributed by atoms with Gasteiger partial charge in [0, 0.05) is 14.1 Å². The van der Waals surface area contributed by atoms with E-state index in [0.717, 1.165) is 0 Å². The van der Waals surface area contributed by atoms with E-state index in [4.69, 9.17) is 0 Å². The van der Waals surface area contributed by atoms with Gasteiger partial charge in [-0.05, 0) is 12.3 Å². The monoisotopic (exact) mass is 210 g/mol. The molecule has 0 aromatic heterocycles. The Kier molecular flexibility index (Phi) is 3.65. The summed E-state index contributed by atoms with van der Waals surface area (Å²) in [5, 5.41) is 9.18. The summed E-state index contributed by atoms with van der Waals surface area (Å²) in [5.74, 6) is -0.860. The Morgan fingerprint density at radius 1 is 1.20 bits per heavy atom. The Balaban J connectivity index is 5.72. The Labute approximate surface area is 90.9 Å². The molecule has 0 aliphatic rings. The summed E-state index contributed by atoms with van der Waals surface area (Å²) in [6.07, 6.45) is 0.